The lowest BCUT2D eigenvalue weighted by atomic mass is 10.0. The van der Waals surface area contributed by atoms with Gasteiger partial charge in [-0.2, -0.15) is 18.3 Å². The van der Waals surface area contributed by atoms with Crippen LogP contribution in [0.1, 0.15) is 6.42 Å². The maximum Gasteiger partial charge on any atom is 0.390 e. The molecule has 4 rings (SSSR count). The van der Waals surface area contributed by atoms with Crippen LogP contribution in [0.3, 0.4) is 0 Å². The molecule has 29 heavy (non-hydrogen) atoms. The van der Waals surface area contributed by atoms with Gasteiger partial charge in [-0.15, -0.1) is 10.2 Å². The maximum atomic E-state index is 12.6. The molecule has 3 heterocycles. The molecule has 8 nitrogen and oxygen atoms in total. The van der Waals surface area contributed by atoms with Crippen molar-refractivity contribution in [3.05, 3.63) is 36.8 Å². The number of anilines is 1. The number of aromatic nitrogens is 5. The number of phenolic OH excluding ortho intramolecular Hbond substituents is 1. The minimum atomic E-state index is -4.23. The standard InChI is InChI=1S/C18H18F3N7O/c19-18(20,21)6-13-10-28(4-3-22-13)17-23-9-15(26-27-17)14-2-1-11(5-16(14)29)12-7-24-25-8-12/h1-2,5,7-9,13,22,29H,3-4,6,10H2,(H,24,25). The van der Waals surface area contributed by atoms with Gasteiger partial charge in [0, 0.05) is 43.0 Å². The van der Waals surface area contributed by atoms with Crippen molar-refractivity contribution in [2.45, 2.75) is 18.6 Å². The zero-order valence-electron chi connectivity index (χ0n) is 15.2. The van der Waals surface area contributed by atoms with E-state index in [0.717, 1.165) is 11.1 Å². The van der Waals surface area contributed by atoms with Crippen LogP contribution in [0.25, 0.3) is 22.4 Å². The van der Waals surface area contributed by atoms with Crippen LogP contribution in [0.15, 0.2) is 36.8 Å². The number of hydrogen-bond donors (Lipinski definition) is 3. The molecule has 0 radical (unpaired) electrons. The van der Waals surface area contributed by atoms with Crippen LogP contribution in [-0.2, 0) is 0 Å². The predicted molar refractivity (Wildman–Crippen MR) is 99.2 cm³/mol. The van der Waals surface area contributed by atoms with Gasteiger partial charge in [0.2, 0.25) is 5.95 Å². The zero-order valence-corrected chi connectivity index (χ0v) is 15.2. The first-order valence-electron chi connectivity index (χ1n) is 8.96. The van der Waals surface area contributed by atoms with E-state index in [0.29, 0.717) is 24.3 Å². The Morgan fingerprint density at radius 1 is 1.17 bits per heavy atom. The first-order chi connectivity index (χ1) is 13.9. The third-order valence-electron chi connectivity index (χ3n) is 4.67. The van der Waals surface area contributed by atoms with E-state index < -0.39 is 18.6 Å². The van der Waals surface area contributed by atoms with Crippen LogP contribution >= 0.6 is 0 Å². The number of alkyl halides is 3. The molecule has 1 aliphatic rings. The van der Waals surface area contributed by atoms with Gasteiger partial charge < -0.3 is 15.3 Å². The van der Waals surface area contributed by atoms with Crippen LogP contribution in [0.5, 0.6) is 5.75 Å². The summed E-state index contributed by atoms with van der Waals surface area (Å²) in [7, 11) is 0. The maximum absolute atomic E-state index is 12.6. The summed E-state index contributed by atoms with van der Waals surface area (Å²) in [6.45, 7) is 1.04. The largest absolute Gasteiger partial charge is 0.507 e. The van der Waals surface area contributed by atoms with Gasteiger partial charge >= 0.3 is 6.18 Å². The highest BCUT2D eigenvalue weighted by atomic mass is 19.4. The molecular formula is C18H18F3N7O. The van der Waals surface area contributed by atoms with Crippen molar-refractivity contribution in [1.29, 1.82) is 0 Å². The summed E-state index contributed by atoms with van der Waals surface area (Å²) >= 11 is 0. The highest BCUT2D eigenvalue weighted by molar-refractivity contribution is 5.73. The number of piperazine rings is 1. The first kappa shape index (κ1) is 19.1. The Balaban J connectivity index is 1.49. The van der Waals surface area contributed by atoms with E-state index in [2.05, 4.69) is 30.7 Å². The van der Waals surface area contributed by atoms with Crippen LogP contribution in [-0.4, -0.2) is 62.3 Å². The molecule has 1 saturated heterocycles. The van der Waals surface area contributed by atoms with Gasteiger partial charge in [-0.3, -0.25) is 5.10 Å². The van der Waals surface area contributed by atoms with Gasteiger partial charge in [-0.25, -0.2) is 4.98 Å². The quantitative estimate of drug-likeness (QED) is 0.612. The van der Waals surface area contributed by atoms with E-state index in [9.17, 15) is 18.3 Å². The molecule has 1 fully saturated rings. The summed E-state index contributed by atoms with van der Waals surface area (Å²) in [5, 5.41) is 28.0. The Kier molecular flexibility index (Phi) is 5.05. The molecule has 152 valence electrons. The summed E-state index contributed by atoms with van der Waals surface area (Å²) in [4.78, 5) is 5.91. The van der Waals surface area contributed by atoms with Gasteiger partial charge in [0.15, 0.2) is 0 Å². The number of nitrogens with zero attached hydrogens (tertiary/aromatic N) is 5. The normalized spacial score (nSPS) is 17.5. The molecule has 0 aliphatic carbocycles. The second-order valence-corrected chi connectivity index (χ2v) is 6.78. The molecule has 2 aromatic heterocycles. The molecule has 0 saturated carbocycles. The predicted octanol–water partition coefficient (Wildman–Crippen LogP) is 2.36. The summed E-state index contributed by atoms with van der Waals surface area (Å²) in [5.74, 6) is 0.275. The molecule has 11 heteroatoms. The monoisotopic (exact) mass is 405 g/mol. The minimum Gasteiger partial charge on any atom is -0.507 e. The van der Waals surface area contributed by atoms with Crippen molar-refractivity contribution in [2.24, 2.45) is 0 Å². The van der Waals surface area contributed by atoms with Gasteiger partial charge in [0.1, 0.15) is 11.4 Å². The lowest BCUT2D eigenvalue weighted by Gasteiger charge is -2.33. The number of rotatable bonds is 4. The van der Waals surface area contributed by atoms with Crippen molar-refractivity contribution in [3.8, 4) is 28.1 Å². The fourth-order valence-electron chi connectivity index (χ4n) is 3.30. The zero-order chi connectivity index (χ0) is 20.4. The van der Waals surface area contributed by atoms with Gasteiger partial charge in [0.05, 0.1) is 18.8 Å². The topological polar surface area (TPSA) is 103 Å². The van der Waals surface area contributed by atoms with Crippen molar-refractivity contribution in [3.63, 3.8) is 0 Å². The number of H-pyrrole nitrogens is 1. The highest BCUT2D eigenvalue weighted by Gasteiger charge is 2.34. The van der Waals surface area contributed by atoms with Crippen molar-refractivity contribution in [2.75, 3.05) is 24.5 Å². The number of phenols is 1. The van der Waals surface area contributed by atoms with Crippen LogP contribution in [0.2, 0.25) is 0 Å². The Labute approximate surface area is 163 Å². The smallest absolute Gasteiger partial charge is 0.390 e. The van der Waals surface area contributed by atoms with E-state index in [1.165, 1.54) is 6.20 Å². The minimum absolute atomic E-state index is 0.0139. The fraction of sp³-hybridized carbons (Fsp3) is 0.333. The van der Waals surface area contributed by atoms with Gasteiger partial charge in [-0.05, 0) is 17.7 Å². The lowest BCUT2D eigenvalue weighted by molar-refractivity contribution is -0.139. The molecule has 1 aliphatic heterocycles. The molecule has 1 aromatic carbocycles. The molecule has 0 amide bonds. The van der Waals surface area contributed by atoms with Crippen LogP contribution < -0.4 is 10.2 Å². The van der Waals surface area contributed by atoms with Gasteiger partial charge in [0.25, 0.3) is 0 Å². The summed E-state index contributed by atoms with van der Waals surface area (Å²) in [5.41, 5.74) is 2.44. The number of aromatic hydroxyl groups is 1. The van der Waals surface area contributed by atoms with E-state index in [4.69, 9.17) is 0 Å². The van der Waals surface area contributed by atoms with E-state index in [1.54, 1.807) is 29.4 Å². The molecule has 3 N–H and O–H groups in total. The van der Waals surface area contributed by atoms with Crippen molar-refractivity contribution < 1.29 is 18.3 Å². The van der Waals surface area contributed by atoms with E-state index in [-0.39, 0.29) is 18.2 Å². The SMILES string of the molecule is Oc1cc(-c2cn[nH]c2)ccc1-c1cnc(N2CCNC(CC(F)(F)F)C2)nn1. The molecule has 0 bridgehead atoms. The third kappa shape index (κ3) is 4.45. The van der Waals surface area contributed by atoms with Gasteiger partial charge in [-0.1, -0.05) is 6.07 Å². The number of hydrogen-bond acceptors (Lipinski definition) is 7. The third-order valence-corrected chi connectivity index (χ3v) is 4.67. The molecular weight excluding hydrogens is 387 g/mol. The molecule has 3 aromatic rings. The molecule has 0 spiro atoms. The Morgan fingerprint density at radius 2 is 2.03 bits per heavy atom. The first-order valence-corrected chi connectivity index (χ1v) is 8.96. The summed E-state index contributed by atoms with van der Waals surface area (Å²) in [6, 6.07) is 4.39. The number of aromatic amines is 1. The summed E-state index contributed by atoms with van der Waals surface area (Å²) < 4.78 is 37.9. The Hall–Kier alpha value is -3.21. The van der Waals surface area contributed by atoms with Crippen molar-refractivity contribution >= 4 is 5.95 Å². The Bertz CT molecular complexity index is 961. The highest BCUT2D eigenvalue weighted by Crippen LogP contribution is 2.32. The average molecular weight is 405 g/mol. The average Bonchev–Trinajstić information content (AvgIpc) is 3.22. The van der Waals surface area contributed by atoms with Crippen LogP contribution in [0, 0.1) is 0 Å². The number of benzene rings is 1. The number of halogens is 3. The molecule has 1 atom stereocenters. The number of nitrogens with one attached hydrogen (secondary N) is 2. The van der Waals surface area contributed by atoms with Crippen molar-refractivity contribution in [1.82, 2.24) is 30.7 Å². The van der Waals surface area contributed by atoms with E-state index >= 15 is 0 Å². The molecule has 1 unspecified atom stereocenters. The van der Waals surface area contributed by atoms with Crippen LogP contribution in [0.4, 0.5) is 19.1 Å². The second-order valence-electron chi connectivity index (χ2n) is 6.78. The second kappa shape index (κ2) is 7.66. The summed E-state index contributed by atoms with van der Waals surface area (Å²) in [6.07, 6.45) is -0.334. The lowest BCUT2D eigenvalue weighted by Crippen LogP contribution is -2.52. The van der Waals surface area contributed by atoms with E-state index in [1.807, 2.05) is 6.07 Å². The fourth-order valence-corrected chi connectivity index (χ4v) is 3.30. The Morgan fingerprint density at radius 3 is 2.69 bits per heavy atom.